The Morgan fingerprint density at radius 1 is 1.08 bits per heavy atom. The van der Waals surface area contributed by atoms with Gasteiger partial charge in [0.15, 0.2) is 11.0 Å². The second-order valence-electron chi connectivity index (χ2n) is 8.00. The number of methoxy groups -OCH3 is 1. The van der Waals surface area contributed by atoms with Gasteiger partial charge in [-0.3, -0.25) is 9.36 Å². The highest BCUT2D eigenvalue weighted by atomic mass is 32.2. The van der Waals surface area contributed by atoms with Gasteiger partial charge in [-0.15, -0.1) is 28.1 Å². The SMILES string of the molecule is C=CCn1c(SCC(=O)Nc2sc(C)c(-c3ccccc3)c2C(=O)OC)nnc1-c1ccc(C)cc1. The zero-order valence-corrected chi connectivity index (χ0v) is 21.9. The van der Waals surface area contributed by atoms with E-state index in [4.69, 9.17) is 4.74 Å². The first-order chi connectivity index (χ1) is 17.4. The van der Waals surface area contributed by atoms with E-state index >= 15 is 0 Å². The Kier molecular flexibility index (Phi) is 8.02. The maximum absolute atomic E-state index is 12.9. The number of anilines is 1. The summed E-state index contributed by atoms with van der Waals surface area (Å²) < 4.78 is 6.97. The Hall–Kier alpha value is -3.69. The lowest BCUT2D eigenvalue weighted by molar-refractivity contribution is -0.113. The predicted octanol–water partition coefficient (Wildman–Crippen LogP) is 5.99. The van der Waals surface area contributed by atoms with Crippen LogP contribution in [0.3, 0.4) is 0 Å². The largest absolute Gasteiger partial charge is 0.465 e. The molecule has 0 bridgehead atoms. The van der Waals surface area contributed by atoms with Gasteiger partial charge in [0.1, 0.15) is 10.6 Å². The molecule has 2 heterocycles. The fourth-order valence-electron chi connectivity index (χ4n) is 3.78. The minimum atomic E-state index is -0.491. The predicted molar refractivity (Wildman–Crippen MR) is 146 cm³/mol. The molecular weight excluding hydrogens is 492 g/mol. The molecule has 4 aromatic rings. The number of allylic oxidation sites excluding steroid dienone is 1. The van der Waals surface area contributed by atoms with E-state index in [0.29, 0.717) is 28.1 Å². The van der Waals surface area contributed by atoms with Gasteiger partial charge in [0.05, 0.1) is 12.9 Å². The van der Waals surface area contributed by atoms with Gasteiger partial charge >= 0.3 is 5.97 Å². The molecular formula is C27H26N4O3S2. The van der Waals surface area contributed by atoms with Crippen molar-refractivity contribution in [2.75, 3.05) is 18.2 Å². The van der Waals surface area contributed by atoms with Crippen molar-refractivity contribution in [3.8, 4) is 22.5 Å². The summed E-state index contributed by atoms with van der Waals surface area (Å²) >= 11 is 2.63. The van der Waals surface area contributed by atoms with Gasteiger partial charge in [-0.05, 0) is 19.4 Å². The van der Waals surface area contributed by atoms with Crippen LogP contribution in [0.5, 0.6) is 0 Å². The first-order valence-electron chi connectivity index (χ1n) is 11.2. The smallest absolute Gasteiger partial charge is 0.341 e. The molecule has 9 heteroatoms. The van der Waals surface area contributed by atoms with Crippen molar-refractivity contribution in [2.24, 2.45) is 0 Å². The molecule has 184 valence electrons. The Labute approximate surface area is 218 Å². The minimum Gasteiger partial charge on any atom is -0.465 e. The van der Waals surface area contributed by atoms with Crippen LogP contribution in [0.4, 0.5) is 5.00 Å². The number of nitrogens with one attached hydrogen (secondary N) is 1. The summed E-state index contributed by atoms with van der Waals surface area (Å²) in [6, 6.07) is 17.6. The lowest BCUT2D eigenvalue weighted by atomic mass is 10.0. The summed E-state index contributed by atoms with van der Waals surface area (Å²) in [5.74, 6) is 0.0688. The molecule has 2 aromatic heterocycles. The molecule has 4 rings (SSSR count). The Balaban J connectivity index is 1.54. The molecule has 0 saturated heterocycles. The van der Waals surface area contributed by atoms with Crippen molar-refractivity contribution in [3.63, 3.8) is 0 Å². The number of ether oxygens (including phenoxy) is 1. The van der Waals surface area contributed by atoms with Gasteiger partial charge in [0, 0.05) is 22.5 Å². The van der Waals surface area contributed by atoms with E-state index in [-0.39, 0.29) is 11.7 Å². The number of carbonyl (C=O) groups excluding carboxylic acids is 2. The molecule has 0 saturated carbocycles. The summed E-state index contributed by atoms with van der Waals surface area (Å²) in [6.07, 6.45) is 1.77. The van der Waals surface area contributed by atoms with Crippen LogP contribution in [0, 0.1) is 13.8 Å². The van der Waals surface area contributed by atoms with Gasteiger partial charge in [-0.2, -0.15) is 0 Å². The molecule has 0 spiro atoms. The van der Waals surface area contributed by atoms with E-state index in [1.807, 2.05) is 73.0 Å². The van der Waals surface area contributed by atoms with E-state index in [1.54, 1.807) is 6.08 Å². The molecule has 0 aliphatic rings. The second kappa shape index (κ2) is 11.4. The van der Waals surface area contributed by atoms with Gasteiger partial charge in [-0.1, -0.05) is 78.0 Å². The Morgan fingerprint density at radius 2 is 1.81 bits per heavy atom. The number of benzene rings is 2. The summed E-state index contributed by atoms with van der Waals surface area (Å²) in [4.78, 5) is 26.5. The zero-order chi connectivity index (χ0) is 25.7. The fraction of sp³-hybridized carbons (Fsp3) is 0.185. The van der Waals surface area contributed by atoms with Crippen molar-refractivity contribution >= 4 is 40.0 Å². The van der Waals surface area contributed by atoms with Crippen molar-refractivity contribution < 1.29 is 14.3 Å². The molecule has 0 unspecified atom stereocenters. The number of carbonyl (C=O) groups is 2. The maximum atomic E-state index is 12.9. The Bertz CT molecular complexity index is 1390. The standard InChI is InChI=1S/C27H26N4O3S2/c1-5-15-31-24(20-13-11-17(2)12-14-20)29-30-27(31)35-16-21(32)28-25-23(26(33)34-4)22(18(3)36-25)19-9-7-6-8-10-19/h5-14H,1,15-16H2,2-4H3,(H,28,32). The highest BCUT2D eigenvalue weighted by molar-refractivity contribution is 7.99. The number of hydrogen-bond acceptors (Lipinski definition) is 7. The maximum Gasteiger partial charge on any atom is 0.341 e. The molecule has 1 amide bonds. The normalized spacial score (nSPS) is 10.8. The number of aromatic nitrogens is 3. The van der Waals surface area contributed by atoms with Crippen LogP contribution in [-0.2, 0) is 16.1 Å². The van der Waals surface area contributed by atoms with Crippen LogP contribution in [0.1, 0.15) is 20.8 Å². The molecule has 0 aliphatic carbocycles. The van der Waals surface area contributed by atoms with Crippen molar-refractivity contribution in [1.29, 1.82) is 0 Å². The molecule has 0 aliphatic heterocycles. The zero-order valence-electron chi connectivity index (χ0n) is 20.3. The number of aryl methyl sites for hydroxylation is 2. The summed E-state index contributed by atoms with van der Waals surface area (Å²) in [5.41, 5.74) is 4.12. The third-order valence-corrected chi connectivity index (χ3v) is 7.45. The molecule has 0 radical (unpaired) electrons. The lowest BCUT2D eigenvalue weighted by Crippen LogP contribution is -2.16. The van der Waals surface area contributed by atoms with Crippen LogP contribution < -0.4 is 5.32 Å². The second-order valence-corrected chi connectivity index (χ2v) is 10.2. The quantitative estimate of drug-likeness (QED) is 0.166. The van der Waals surface area contributed by atoms with E-state index in [2.05, 4.69) is 22.1 Å². The number of thioether (sulfide) groups is 1. The number of hydrogen-bond donors (Lipinski definition) is 1. The third-order valence-electron chi connectivity index (χ3n) is 5.46. The van der Waals surface area contributed by atoms with Crippen LogP contribution in [0.15, 0.2) is 72.4 Å². The fourth-order valence-corrected chi connectivity index (χ4v) is 5.61. The van der Waals surface area contributed by atoms with E-state index < -0.39 is 5.97 Å². The average molecular weight is 519 g/mol. The first kappa shape index (κ1) is 25.4. The van der Waals surface area contributed by atoms with Gasteiger partial charge in [0.25, 0.3) is 0 Å². The van der Waals surface area contributed by atoms with Gasteiger partial charge in [0.2, 0.25) is 5.91 Å². The highest BCUT2D eigenvalue weighted by Gasteiger charge is 2.25. The highest BCUT2D eigenvalue weighted by Crippen LogP contribution is 2.40. The molecule has 0 fully saturated rings. The summed E-state index contributed by atoms with van der Waals surface area (Å²) in [6.45, 7) is 8.30. The topological polar surface area (TPSA) is 86.1 Å². The number of rotatable bonds is 9. The number of nitrogens with zero attached hydrogens (tertiary/aromatic N) is 3. The molecule has 7 nitrogen and oxygen atoms in total. The van der Waals surface area contributed by atoms with Crippen LogP contribution in [-0.4, -0.2) is 39.5 Å². The van der Waals surface area contributed by atoms with Crippen LogP contribution >= 0.6 is 23.1 Å². The summed E-state index contributed by atoms with van der Waals surface area (Å²) in [7, 11) is 1.34. The van der Waals surface area contributed by atoms with E-state index in [0.717, 1.165) is 27.1 Å². The van der Waals surface area contributed by atoms with Gasteiger partial charge in [-0.25, -0.2) is 4.79 Å². The average Bonchev–Trinajstić information content (AvgIpc) is 3.43. The third kappa shape index (κ3) is 5.42. The van der Waals surface area contributed by atoms with Crippen molar-refractivity contribution in [2.45, 2.75) is 25.5 Å². The first-order valence-corrected chi connectivity index (χ1v) is 13.0. The van der Waals surface area contributed by atoms with E-state index in [1.165, 1.54) is 30.2 Å². The number of esters is 1. The summed E-state index contributed by atoms with van der Waals surface area (Å²) in [5, 5.41) is 12.6. The monoisotopic (exact) mass is 518 g/mol. The number of thiophene rings is 1. The van der Waals surface area contributed by atoms with Crippen LogP contribution in [0.2, 0.25) is 0 Å². The van der Waals surface area contributed by atoms with E-state index in [9.17, 15) is 9.59 Å². The lowest BCUT2D eigenvalue weighted by Gasteiger charge is -2.09. The molecule has 1 N–H and O–H groups in total. The van der Waals surface area contributed by atoms with Crippen molar-refractivity contribution in [3.05, 3.63) is 83.3 Å². The molecule has 0 atom stereocenters. The number of amides is 1. The van der Waals surface area contributed by atoms with Crippen LogP contribution in [0.25, 0.3) is 22.5 Å². The minimum absolute atomic E-state index is 0.0986. The van der Waals surface area contributed by atoms with Gasteiger partial charge < -0.3 is 10.1 Å². The Morgan fingerprint density at radius 3 is 2.47 bits per heavy atom. The molecule has 36 heavy (non-hydrogen) atoms. The van der Waals surface area contributed by atoms with Crippen molar-refractivity contribution in [1.82, 2.24) is 14.8 Å². The molecule has 2 aromatic carbocycles.